The van der Waals surface area contributed by atoms with Crippen molar-refractivity contribution in [2.45, 2.75) is 57.7 Å². The molecule has 1 amide bonds. The Kier molecular flexibility index (Phi) is 7.08. The lowest BCUT2D eigenvalue weighted by Crippen LogP contribution is -2.45. The summed E-state index contributed by atoms with van der Waals surface area (Å²) in [5.41, 5.74) is 5.37. The molecule has 2 aromatic heterocycles. The van der Waals surface area contributed by atoms with Crippen molar-refractivity contribution >= 4 is 11.9 Å². The van der Waals surface area contributed by atoms with Crippen LogP contribution < -0.4 is 10.1 Å². The summed E-state index contributed by atoms with van der Waals surface area (Å²) in [6.45, 7) is 7.83. The molecule has 1 spiro atoms. The first-order valence-corrected chi connectivity index (χ1v) is 13.6. The number of nitrogens with one attached hydrogen (secondary N) is 1. The summed E-state index contributed by atoms with van der Waals surface area (Å²) in [7, 11) is 6.03. The third-order valence-corrected chi connectivity index (χ3v) is 8.30. The van der Waals surface area contributed by atoms with Crippen LogP contribution in [0.1, 0.15) is 84.0 Å². The number of aromatic nitrogens is 3. The van der Waals surface area contributed by atoms with Crippen molar-refractivity contribution in [1.29, 1.82) is 5.26 Å². The monoisotopic (exact) mass is 527 g/mol. The lowest BCUT2D eigenvalue weighted by Gasteiger charge is -2.40. The maximum Gasteiger partial charge on any atom is 0.254 e. The predicted octanol–water partition coefficient (Wildman–Crippen LogP) is 4.51. The Labute approximate surface area is 230 Å². The Balaban J connectivity index is 1.58. The highest BCUT2D eigenvalue weighted by Crippen LogP contribution is 2.56. The van der Waals surface area contributed by atoms with Crippen LogP contribution in [0.25, 0.3) is 0 Å². The first-order chi connectivity index (χ1) is 18.7. The zero-order valence-corrected chi connectivity index (χ0v) is 23.7. The summed E-state index contributed by atoms with van der Waals surface area (Å²) >= 11 is 0. The van der Waals surface area contributed by atoms with Gasteiger partial charge in [0.05, 0.1) is 24.9 Å². The summed E-state index contributed by atoms with van der Waals surface area (Å²) in [5.74, 6) is 1.31. The molecule has 0 radical (unpaired) electrons. The summed E-state index contributed by atoms with van der Waals surface area (Å²) in [6.07, 6.45) is 7.39. The van der Waals surface area contributed by atoms with Gasteiger partial charge in [0.15, 0.2) is 0 Å². The molecule has 1 aliphatic heterocycles. The zero-order chi connectivity index (χ0) is 27.9. The largest absolute Gasteiger partial charge is 0.492 e. The predicted molar refractivity (Wildman–Crippen MR) is 150 cm³/mol. The first kappa shape index (κ1) is 26.7. The van der Waals surface area contributed by atoms with Crippen molar-refractivity contribution in [3.8, 4) is 11.8 Å². The average Bonchev–Trinajstić information content (AvgIpc) is 3.56. The molecule has 39 heavy (non-hydrogen) atoms. The molecule has 1 aliphatic carbocycles. The van der Waals surface area contributed by atoms with E-state index in [2.05, 4.69) is 64.0 Å². The number of rotatable bonds is 9. The summed E-state index contributed by atoms with van der Waals surface area (Å²) in [4.78, 5) is 27.4. The van der Waals surface area contributed by atoms with Crippen molar-refractivity contribution < 1.29 is 9.53 Å². The number of nitriles is 1. The van der Waals surface area contributed by atoms with Crippen LogP contribution in [0.2, 0.25) is 0 Å². The van der Waals surface area contributed by atoms with E-state index < -0.39 is 0 Å². The number of hydrogen-bond donors (Lipinski definition) is 1. The third kappa shape index (κ3) is 4.74. The van der Waals surface area contributed by atoms with Crippen molar-refractivity contribution in [2.24, 2.45) is 0 Å². The van der Waals surface area contributed by atoms with E-state index in [4.69, 9.17) is 4.74 Å². The van der Waals surface area contributed by atoms with Crippen LogP contribution in [0.3, 0.4) is 0 Å². The van der Waals surface area contributed by atoms with E-state index in [1.165, 1.54) is 11.1 Å². The van der Waals surface area contributed by atoms with Crippen LogP contribution >= 0.6 is 0 Å². The Hall–Kier alpha value is -3.90. The maximum absolute atomic E-state index is 14.3. The topological polar surface area (TPSA) is 99.3 Å². The van der Waals surface area contributed by atoms with E-state index in [1.807, 2.05) is 38.1 Å². The number of hydrogen-bond acceptors (Lipinski definition) is 7. The Morgan fingerprint density at radius 2 is 2.00 bits per heavy atom. The Bertz CT molecular complexity index is 1430. The smallest absolute Gasteiger partial charge is 0.254 e. The van der Waals surface area contributed by atoms with E-state index in [9.17, 15) is 10.1 Å². The van der Waals surface area contributed by atoms with E-state index in [0.717, 1.165) is 35.6 Å². The number of carbonyl (C=O) groups is 1. The number of nitrogens with zero attached hydrogens (tertiary/aromatic N) is 6. The highest BCUT2D eigenvalue weighted by atomic mass is 16.5. The van der Waals surface area contributed by atoms with Gasteiger partial charge in [-0.15, -0.1) is 0 Å². The number of fused-ring (bicyclic) bond motifs is 2. The van der Waals surface area contributed by atoms with Crippen LogP contribution in [0.15, 0.2) is 36.8 Å². The van der Waals surface area contributed by atoms with Crippen LogP contribution in [0.5, 0.6) is 5.75 Å². The number of carbonyl (C=O) groups excluding carboxylic acids is 1. The minimum absolute atomic E-state index is 0.0210. The number of pyridine rings is 1. The molecule has 204 valence electrons. The molecule has 1 N–H and O–H groups in total. The minimum Gasteiger partial charge on any atom is -0.492 e. The summed E-state index contributed by atoms with van der Waals surface area (Å²) in [6, 6.07) is 8.22. The van der Waals surface area contributed by atoms with E-state index >= 15 is 0 Å². The van der Waals surface area contributed by atoms with E-state index in [0.29, 0.717) is 31.0 Å². The standard InChI is InChI=1S/C30H37N7O2/c1-7-39-26-14-25(34-16-22(26)15-31)20(3)37-18-30(8-9-30)27-23(19(2)35(5)6)12-21(13-24(27)28(37)38)17-36-11-10-33-29(36)32-4/h10-14,16,19-20H,7-9,17-18H2,1-6H3,(H,32,33). The van der Waals surface area contributed by atoms with Crippen molar-refractivity contribution in [2.75, 3.05) is 39.6 Å². The van der Waals surface area contributed by atoms with Gasteiger partial charge in [-0.25, -0.2) is 4.98 Å². The second-order valence-corrected chi connectivity index (χ2v) is 10.9. The molecule has 9 nitrogen and oxygen atoms in total. The van der Waals surface area contributed by atoms with Gasteiger partial charge in [-0.1, -0.05) is 6.07 Å². The third-order valence-electron chi connectivity index (χ3n) is 8.30. The molecule has 1 saturated carbocycles. The van der Waals surface area contributed by atoms with Gasteiger partial charge < -0.3 is 24.4 Å². The molecule has 1 fully saturated rings. The van der Waals surface area contributed by atoms with Gasteiger partial charge in [0.1, 0.15) is 17.4 Å². The minimum atomic E-state index is -0.266. The second-order valence-electron chi connectivity index (χ2n) is 10.9. The molecule has 2 aliphatic rings. The van der Waals surface area contributed by atoms with Crippen LogP contribution in [-0.2, 0) is 12.0 Å². The fourth-order valence-corrected chi connectivity index (χ4v) is 5.75. The van der Waals surface area contributed by atoms with E-state index in [1.54, 1.807) is 12.4 Å². The lowest BCUT2D eigenvalue weighted by atomic mass is 9.79. The van der Waals surface area contributed by atoms with Crippen molar-refractivity contribution in [3.63, 3.8) is 0 Å². The molecule has 2 atom stereocenters. The first-order valence-electron chi connectivity index (χ1n) is 13.6. The van der Waals surface area contributed by atoms with Gasteiger partial charge >= 0.3 is 0 Å². The fraction of sp³-hybridized carbons (Fsp3) is 0.467. The van der Waals surface area contributed by atoms with Gasteiger partial charge in [-0.3, -0.25) is 9.78 Å². The molecule has 5 rings (SSSR count). The van der Waals surface area contributed by atoms with Gasteiger partial charge in [0.25, 0.3) is 5.91 Å². The molecule has 3 heterocycles. The van der Waals surface area contributed by atoms with Crippen molar-refractivity contribution in [1.82, 2.24) is 24.3 Å². The number of benzene rings is 1. The number of ether oxygens (including phenoxy) is 1. The Morgan fingerprint density at radius 1 is 1.23 bits per heavy atom. The van der Waals surface area contributed by atoms with Crippen molar-refractivity contribution in [3.05, 3.63) is 70.3 Å². The van der Waals surface area contributed by atoms with Crippen LogP contribution in [0, 0.1) is 11.3 Å². The van der Waals surface area contributed by atoms with Gasteiger partial charge in [-0.05, 0) is 70.5 Å². The normalized spacial score (nSPS) is 17.1. The quantitative estimate of drug-likeness (QED) is 0.437. The molecular formula is C30H37N7O2. The number of imidazole rings is 1. The van der Waals surface area contributed by atoms with Gasteiger partial charge in [-0.2, -0.15) is 5.26 Å². The molecule has 2 unspecified atom stereocenters. The van der Waals surface area contributed by atoms with Crippen LogP contribution in [0.4, 0.5) is 5.95 Å². The fourth-order valence-electron chi connectivity index (χ4n) is 5.75. The van der Waals surface area contributed by atoms with Gasteiger partial charge in [0, 0.05) is 55.3 Å². The maximum atomic E-state index is 14.3. The molecule has 0 saturated heterocycles. The number of amides is 1. The molecule has 0 bridgehead atoms. The molecular weight excluding hydrogens is 490 g/mol. The number of anilines is 1. The Morgan fingerprint density at radius 3 is 2.64 bits per heavy atom. The SMILES string of the molecule is CCOc1cc(C(C)N2CC3(CC3)c3c(cc(Cn4ccnc4NC)cc3C(C)N(C)C)C2=O)ncc1C#N. The van der Waals surface area contributed by atoms with Gasteiger partial charge in [0.2, 0.25) is 5.95 Å². The molecule has 9 heteroatoms. The lowest BCUT2D eigenvalue weighted by molar-refractivity contribution is 0.0632. The average molecular weight is 528 g/mol. The second kappa shape index (κ2) is 10.3. The zero-order valence-electron chi connectivity index (χ0n) is 23.7. The molecule has 1 aromatic carbocycles. The van der Waals surface area contributed by atoms with E-state index in [-0.39, 0.29) is 23.4 Å². The highest BCUT2D eigenvalue weighted by Gasteiger charge is 2.54. The van der Waals surface area contributed by atoms with Crippen LogP contribution in [-0.4, -0.2) is 64.5 Å². The molecule has 3 aromatic rings. The summed E-state index contributed by atoms with van der Waals surface area (Å²) in [5, 5.41) is 12.6. The summed E-state index contributed by atoms with van der Waals surface area (Å²) < 4.78 is 7.77. The highest BCUT2D eigenvalue weighted by molar-refractivity contribution is 5.99.